The fourth-order valence-corrected chi connectivity index (χ4v) is 4.54. The Morgan fingerprint density at radius 3 is 2.62 bits per heavy atom. The molecule has 3 heterocycles. The predicted molar refractivity (Wildman–Crippen MR) is 108 cm³/mol. The second kappa shape index (κ2) is 9.71. The largest absolute Gasteiger partial charge is 0.381 e. The average molecular weight is 404 g/mol. The Balaban J connectivity index is 1.26. The number of aromatic nitrogens is 2. The molecule has 4 rings (SSSR count). The first-order chi connectivity index (χ1) is 14.2. The van der Waals surface area contributed by atoms with Crippen molar-refractivity contribution in [1.82, 2.24) is 25.7 Å². The third-order valence-corrected chi connectivity index (χ3v) is 6.50. The zero-order valence-corrected chi connectivity index (χ0v) is 17.1. The second-order valence-corrected chi connectivity index (χ2v) is 8.72. The van der Waals surface area contributed by atoms with Crippen LogP contribution >= 0.6 is 0 Å². The molecule has 29 heavy (non-hydrogen) atoms. The molecule has 0 unspecified atom stereocenters. The first kappa shape index (κ1) is 20.3. The van der Waals surface area contributed by atoms with Crippen LogP contribution in [0.2, 0.25) is 0 Å². The van der Waals surface area contributed by atoms with E-state index in [0.717, 1.165) is 43.8 Å². The molecule has 8 heteroatoms. The Morgan fingerprint density at radius 1 is 1.10 bits per heavy atom. The molecule has 0 spiro atoms. The number of carbonyl (C=O) groups is 2. The molecule has 2 atom stereocenters. The number of carbonyl (C=O) groups excluding carboxylic acids is 2. The highest BCUT2D eigenvalue weighted by Gasteiger charge is 2.38. The summed E-state index contributed by atoms with van der Waals surface area (Å²) < 4.78 is 5.36. The molecule has 160 valence electrons. The van der Waals surface area contributed by atoms with Gasteiger partial charge in [0.15, 0.2) is 0 Å². The minimum Gasteiger partial charge on any atom is -0.381 e. The van der Waals surface area contributed by atoms with E-state index in [4.69, 9.17) is 4.74 Å². The van der Waals surface area contributed by atoms with Crippen molar-refractivity contribution >= 4 is 11.8 Å². The summed E-state index contributed by atoms with van der Waals surface area (Å²) >= 11 is 0. The lowest BCUT2D eigenvalue weighted by atomic mass is 9.99. The highest BCUT2D eigenvalue weighted by Crippen LogP contribution is 2.35. The van der Waals surface area contributed by atoms with Gasteiger partial charge in [-0.25, -0.2) is 0 Å². The number of hydrogen-bond donors (Lipinski definition) is 3. The van der Waals surface area contributed by atoms with E-state index in [-0.39, 0.29) is 23.8 Å². The molecule has 0 bridgehead atoms. The molecular formula is C21H33N5O3. The molecule has 1 aliphatic carbocycles. The summed E-state index contributed by atoms with van der Waals surface area (Å²) in [6.07, 6.45) is 8.48. The summed E-state index contributed by atoms with van der Waals surface area (Å²) in [5, 5.41) is 13.0. The molecule has 1 aromatic rings. The zero-order chi connectivity index (χ0) is 20.1. The molecule has 3 N–H and O–H groups in total. The van der Waals surface area contributed by atoms with Crippen molar-refractivity contribution in [2.24, 2.45) is 11.8 Å². The van der Waals surface area contributed by atoms with E-state index in [1.807, 2.05) is 6.07 Å². The number of amides is 2. The fraction of sp³-hybridized carbons (Fsp3) is 0.762. The smallest absolute Gasteiger partial charge is 0.223 e. The summed E-state index contributed by atoms with van der Waals surface area (Å²) in [4.78, 5) is 27.5. The number of H-pyrrole nitrogens is 1. The summed E-state index contributed by atoms with van der Waals surface area (Å²) in [5.41, 5.74) is 0.910. The molecule has 1 aromatic heterocycles. The summed E-state index contributed by atoms with van der Waals surface area (Å²) in [6.45, 7) is 3.60. The van der Waals surface area contributed by atoms with Gasteiger partial charge < -0.3 is 15.4 Å². The Labute approximate surface area is 172 Å². The molecule has 1 saturated carbocycles. The van der Waals surface area contributed by atoms with E-state index in [1.54, 1.807) is 6.20 Å². The number of nitrogens with zero attached hydrogens (tertiary/aromatic N) is 2. The quantitative estimate of drug-likeness (QED) is 0.575. The Hall–Kier alpha value is -1.93. The van der Waals surface area contributed by atoms with Crippen molar-refractivity contribution in [3.63, 3.8) is 0 Å². The van der Waals surface area contributed by atoms with Gasteiger partial charge in [-0.3, -0.25) is 19.6 Å². The fourth-order valence-electron chi connectivity index (χ4n) is 4.54. The van der Waals surface area contributed by atoms with Gasteiger partial charge in [-0.2, -0.15) is 5.10 Å². The first-order valence-corrected chi connectivity index (χ1v) is 11.0. The maximum absolute atomic E-state index is 12.5. The van der Waals surface area contributed by atoms with Crippen molar-refractivity contribution in [2.75, 3.05) is 26.3 Å². The predicted octanol–water partition coefficient (Wildman–Crippen LogP) is 1.20. The highest BCUT2D eigenvalue weighted by molar-refractivity contribution is 5.78. The Kier molecular flexibility index (Phi) is 6.82. The summed E-state index contributed by atoms with van der Waals surface area (Å²) in [6, 6.07) is 2.47. The third-order valence-electron chi connectivity index (χ3n) is 6.50. The van der Waals surface area contributed by atoms with Crippen molar-refractivity contribution < 1.29 is 14.3 Å². The van der Waals surface area contributed by atoms with Crippen LogP contribution in [0.4, 0.5) is 0 Å². The minimum atomic E-state index is 0.0808. The van der Waals surface area contributed by atoms with E-state index in [2.05, 4.69) is 25.7 Å². The molecule has 8 nitrogen and oxygen atoms in total. The Bertz CT molecular complexity index is 670. The molecular weight excluding hydrogens is 370 g/mol. The van der Waals surface area contributed by atoms with Gasteiger partial charge in [0.05, 0.1) is 12.2 Å². The van der Waals surface area contributed by atoms with Crippen LogP contribution in [-0.4, -0.2) is 65.3 Å². The number of nitrogens with one attached hydrogen (secondary N) is 3. The third kappa shape index (κ3) is 5.79. The molecule has 0 radical (unpaired) electrons. The van der Waals surface area contributed by atoms with Crippen LogP contribution in [-0.2, 0) is 20.9 Å². The van der Waals surface area contributed by atoms with Crippen LogP contribution in [0.25, 0.3) is 0 Å². The lowest BCUT2D eigenvalue weighted by Crippen LogP contribution is -2.46. The molecule has 2 amide bonds. The number of ether oxygens (including phenoxy) is 1. The van der Waals surface area contributed by atoms with Crippen molar-refractivity contribution in [2.45, 2.75) is 63.6 Å². The van der Waals surface area contributed by atoms with E-state index >= 15 is 0 Å². The molecule has 2 saturated heterocycles. The van der Waals surface area contributed by atoms with E-state index in [0.29, 0.717) is 38.8 Å². The summed E-state index contributed by atoms with van der Waals surface area (Å²) in [7, 11) is 0. The topological polar surface area (TPSA) is 99.3 Å². The van der Waals surface area contributed by atoms with Crippen LogP contribution in [0.5, 0.6) is 0 Å². The van der Waals surface area contributed by atoms with Crippen molar-refractivity contribution in [3.05, 3.63) is 18.0 Å². The molecule has 3 aliphatic rings. The van der Waals surface area contributed by atoms with Crippen molar-refractivity contribution in [1.29, 1.82) is 0 Å². The highest BCUT2D eigenvalue weighted by atomic mass is 16.5. The lowest BCUT2D eigenvalue weighted by molar-refractivity contribution is -0.128. The van der Waals surface area contributed by atoms with Crippen LogP contribution < -0.4 is 10.6 Å². The molecule has 2 aliphatic heterocycles. The monoisotopic (exact) mass is 403 g/mol. The van der Waals surface area contributed by atoms with E-state index in [1.165, 1.54) is 12.8 Å². The van der Waals surface area contributed by atoms with Gasteiger partial charge >= 0.3 is 0 Å². The number of aromatic amines is 1. The first-order valence-electron chi connectivity index (χ1n) is 11.0. The van der Waals surface area contributed by atoms with Gasteiger partial charge in [0.2, 0.25) is 11.8 Å². The Morgan fingerprint density at radius 2 is 1.90 bits per heavy atom. The maximum Gasteiger partial charge on any atom is 0.223 e. The van der Waals surface area contributed by atoms with Crippen molar-refractivity contribution in [3.8, 4) is 0 Å². The normalized spacial score (nSPS) is 25.8. The lowest BCUT2D eigenvalue weighted by Gasteiger charge is -2.31. The van der Waals surface area contributed by atoms with Gasteiger partial charge in [-0.15, -0.1) is 0 Å². The second-order valence-electron chi connectivity index (χ2n) is 8.72. The maximum atomic E-state index is 12.5. The van der Waals surface area contributed by atoms with Gasteiger partial charge in [0.1, 0.15) is 0 Å². The van der Waals surface area contributed by atoms with Crippen LogP contribution in [0, 0.1) is 11.8 Å². The van der Waals surface area contributed by atoms with E-state index in [9.17, 15) is 9.59 Å². The van der Waals surface area contributed by atoms with E-state index < -0.39 is 0 Å². The van der Waals surface area contributed by atoms with Gasteiger partial charge in [0.25, 0.3) is 0 Å². The SMILES string of the molecule is O=C(C[C@H]1CC[C@@H](CNC(=O)C2CCOCC2)N1CC1CC1)NCc1ccn[nH]1. The van der Waals surface area contributed by atoms with Gasteiger partial charge in [0, 0.05) is 56.9 Å². The van der Waals surface area contributed by atoms with Gasteiger partial charge in [-0.1, -0.05) is 0 Å². The average Bonchev–Trinajstić information content (AvgIpc) is 3.26. The molecule has 3 fully saturated rings. The number of rotatable bonds is 9. The molecule has 0 aromatic carbocycles. The number of hydrogen-bond acceptors (Lipinski definition) is 5. The van der Waals surface area contributed by atoms with Crippen LogP contribution in [0.15, 0.2) is 12.3 Å². The standard InChI is InChI=1S/C21H33N5O3/c27-20(22-12-17-5-8-24-25-17)11-18-3-4-19(26(18)14-15-1-2-15)13-23-21(28)16-6-9-29-10-7-16/h5,8,15-16,18-19H,1-4,6-7,9-14H2,(H,22,27)(H,23,28)(H,24,25)/t18-,19+/m1/s1. The summed E-state index contributed by atoms with van der Waals surface area (Å²) in [5.74, 6) is 1.10. The zero-order valence-electron chi connectivity index (χ0n) is 17.1. The van der Waals surface area contributed by atoms with Gasteiger partial charge in [-0.05, 0) is 50.5 Å². The minimum absolute atomic E-state index is 0.0808. The van der Waals surface area contributed by atoms with Crippen LogP contribution in [0.1, 0.15) is 50.6 Å². The van der Waals surface area contributed by atoms with Crippen LogP contribution in [0.3, 0.4) is 0 Å². The number of likely N-dealkylation sites (tertiary alicyclic amines) is 1.